The van der Waals surface area contributed by atoms with Crippen LogP contribution in [-0.4, -0.2) is 29.3 Å². The van der Waals surface area contributed by atoms with Gasteiger partial charge in [0.2, 0.25) is 5.91 Å². The van der Waals surface area contributed by atoms with Crippen molar-refractivity contribution in [3.63, 3.8) is 0 Å². The highest BCUT2D eigenvalue weighted by Gasteiger charge is 2.22. The highest BCUT2D eigenvalue weighted by Crippen LogP contribution is 2.26. The summed E-state index contributed by atoms with van der Waals surface area (Å²) >= 11 is 3.33. The van der Waals surface area contributed by atoms with Crippen LogP contribution in [0.4, 0.5) is 5.69 Å². The second kappa shape index (κ2) is 7.84. The SMILES string of the molecule is CCN1C(SCC(=O)Nc2c(C)cccc2C)=c2cc(C)sc2=N[C@@H]1C. The Labute approximate surface area is 163 Å². The van der Waals surface area contributed by atoms with Crippen molar-refractivity contribution in [2.24, 2.45) is 4.99 Å². The fourth-order valence-electron chi connectivity index (χ4n) is 3.20. The van der Waals surface area contributed by atoms with E-state index >= 15 is 0 Å². The zero-order chi connectivity index (χ0) is 18.8. The van der Waals surface area contributed by atoms with Crippen molar-refractivity contribution in [1.82, 2.24) is 4.90 Å². The molecule has 0 aliphatic carbocycles. The summed E-state index contributed by atoms with van der Waals surface area (Å²) in [6, 6.07) is 8.24. The van der Waals surface area contributed by atoms with Crippen LogP contribution < -0.4 is 15.2 Å². The van der Waals surface area contributed by atoms with Gasteiger partial charge in [0.15, 0.2) is 0 Å². The van der Waals surface area contributed by atoms with Crippen LogP contribution in [0.2, 0.25) is 0 Å². The molecule has 0 fully saturated rings. The summed E-state index contributed by atoms with van der Waals surface area (Å²) in [6.45, 7) is 11.3. The molecular formula is C20H25N3OS2. The zero-order valence-electron chi connectivity index (χ0n) is 15.9. The Balaban J connectivity index is 1.81. The summed E-state index contributed by atoms with van der Waals surface area (Å²) < 4.78 is 1.08. The Hall–Kier alpha value is -1.79. The van der Waals surface area contributed by atoms with Crippen LogP contribution in [-0.2, 0) is 4.79 Å². The molecule has 0 spiro atoms. The maximum atomic E-state index is 12.6. The van der Waals surface area contributed by atoms with E-state index in [1.54, 1.807) is 23.1 Å². The third kappa shape index (κ3) is 3.81. The Morgan fingerprint density at radius 3 is 2.65 bits per heavy atom. The number of thioether (sulfide) groups is 1. The molecule has 4 nitrogen and oxygen atoms in total. The number of fused-ring (bicyclic) bond motifs is 1. The van der Waals surface area contributed by atoms with E-state index in [0.717, 1.165) is 38.3 Å². The molecule has 1 aliphatic heterocycles. The zero-order valence-corrected chi connectivity index (χ0v) is 17.6. The molecule has 2 aromatic rings. The molecule has 0 radical (unpaired) electrons. The number of hydrogen-bond acceptors (Lipinski definition) is 5. The van der Waals surface area contributed by atoms with Gasteiger partial charge in [-0.2, -0.15) is 0 Å². The van der Waals surface area contributed by atoms with Gasteiger partial charge in [-0.15, -0.1) is 11.3 Å². The number of amides is 1. The van der Waals surface area contributed by atoms with Gasteiger partial charge in [0, 0.05) is 22.3 Å². The molecule has 1 aliphatic rings. The number of carbonyl (C=O) groups excluding carboxylic acids is 1. The fourth-order valence-corrected chi connectivity index (χ4v) is 5.32. The lowest BCUT2D eigenvalue weighted by Gasteiger charge is -2.31. The monoisotopic (exact) mass is 387 g/mol. The van der Waals surface area contributed by atoms with Crippen LogP contribution in [0.3, 0.4) is 0 Å². The molecule has 1 aromatic heterocycles. The van der Waals surface area contributed by atoms with Crippen LogP contribution in [0.5, 0.6) is 0 Å². The van der Waals surface area contributed by atoms with Crippen molar-refractivity contribution >= 4 is 39.7 Å². The van der Waals surface area contributed by atoms with Gasteiger partial charge in [-0.3, -0.25) is 4.79 Å². The predicted molar refractivity (Wildman–Crippen MR) is 112 cm³/mol. The molecule has 1 amide bonds. The number of nitrogens with one attached hydrogen (secondary N) is 1. The van der Waals surface area contributed by atoms with E-state index in [2.05, 4.69) is 37.1 Å². The maximum absolute atomic E-state index is 12.6. The summed E-state index contributed by atoms with van der Waals surface area (Å²) in [4.78, 5) is 20.9. The number of anilines is 1. The molecule has 1 aromatic carbocycles. The van der Waals surface area contributed by atoms with Crippen molar-refractivity contribution in [2.75, 3.05) is 17.6 Å². The lowest BCUT2D eigenvalue weighted by Crippen LogP contribution is -2.42. The number of benzene rings is 1. The smallest absolute Gasteiger partial charge is 0.234 e. The number of para-hydroxylation sites is 1. The van der Waals surface area contributed by atoms with Crippen LogP contribution in [0.1, 0.15) is 29.9 Å². The molecule has 138 valence electrons. The molecule has 6 heteroatoms. The first kappa shape index (κ1) is 19.0. The maximum Gasteiger partial charge on any atom is 0.234 e. The summed E-state index contributed by atoms with van der Waals surface area (Å²) in [5, 5.41) is 5.40. The van der Waals surface area contributed by atoms with E-state index in [1.165, 1.54) is 4.88 Å². The Kier molecular flexibility index (Phi) is 5.73. The highest BCUT2D eigenvalue weighted by molar-refractivity contribution is 8.08. The Morgan fingerprint density at radius 2 is 2.00 bits per heavy atom. The third-order valence-corrected chi connectivity index (χ3v) is 6.60. The van der Waals surface area contributed by atoms with Gasteiger partial charge < -0.3 is 10.2 Å². The minimum absolute atomic E-state index is 0.0274. The summed E-state index contributed by atoms with van der Waals surface area (Å²) in [7, 11) is 0. The van der Waals surface area contributed by atoms with Crippen molar-refractivity contribution in [3.8, 4) is 0 Å². The van der Waals surface area contributed by atoms with Gasteiger partial charge in [0.25, 0.3) is 0 Å². The van der Waals surface area contributed by atoms with E-state index in [4.69, 9.17) is 4.99 Å². The lowest BCUT2D eigenvalue weighted by molar-refractivity contribution is -0.113. The average Bonchev–Trinajstić information content (AvgIpc) is 2.95. The van der Waals surface area contributed by atoms with E-state index in [-0.39, 0.29) is 12.1 Å². The standard InChI is InChI=1S/C20H25N3OS2/c1-6-23-15(5)21-19-16(10-14(4)26-19)20(23)25-11-17(24)22-18-12(2)8-7-9-13(18)3/h7-10,15H,6,11H2,1-5H3,(H,22,24)/t15-/m0/s1. The molecule has 0 unspecified atom stereocenters. The molecule has 0 saturated carbocycles. The van der Waals surface area contributed by atoms with Crippen LogP contribution in [0, 0.1) is 20.8 Å². The topological polar surface area (TPSA) is 44.7 Å². The Morgan fingerprint density at radius 1 is 1.31 bits per heavy atom. The van der Waals surface area contributed by atoms with E-state index in [9.17, 15) is 4.79 Å². The molecule has 1 atom stereocenters. The summed E-state index contributed by atoms with van der Waals surface area (Å²) in [5.41, 5.74) is 3.11. The van der Waals surface area contributed by atoms with Crippen molar-refractivity contribution in [3.05, 3.63) is 50.2 Å². The number of thiophene rings is 1. The highest BCUT2D eigenvalue weighted by atomic mass is 32.2. The van der Waals surface area contributed by atoms with Gasteiger partial charge in [0.05, 0.1) is 10.8 Å². The molecule has 0 saturated heterocycles. The van der Waals surface area contributed by atoms with Crippen molar-refractivity contribution < 1.29 is 4.79 Å². The Bertz CT molecular complexity index is 928. The van der Waals surface area contributed by atoms with Crippen molar-refractivity contribution in [2.45, 2.75) is 40.8 Å². The fraction of sp³-hybridized carbons (Fsp3) is 0.400. The second-order valence-electron chi connectivity index (χ2n) is 6.53. The first-order valence-corrected chi connectivity index (χ1v) is 10.6. The lowest BCUT2D eigenvalue weighted by atomic mass is 10.1. The number of hydrogen-bond donors (Lipinski definition) is 1. The number of rotatable bonds is 5. The van der Waals surface area contributed by atoms with Crippen LogP contribution in [0.25, 0.3) is 5.03 Å². The minimum Gasteiger partial charge on any atom is -0.344 e. The predicted octanol–water partition coefficient (Wildman–Crippen LogP) is 3.41. The normalized spacial score (nSPS) is 16.3. The molecule has 3 rings (SSSR count). The van der Waals surface area contributed by atoms with Gasteiger partial charge in [0.1, 0.15) is 10.8 Å². The van der Waals surface area contributed by atoms with Gasteiger partial charge >= 0.3 is 0 Å². The quantitative estimate of drug-likeness (QED) is 0.855. The third-order valence-electron chi connectivity index (χ3n) is 4.51. The number of aryl methyl sites for hydroxylation is 3. The number of nitrogens with zero attached hydrogens (tertiary/aromatic N) is 2. The molecule has 26 heavy (non-hydrogen) atoms. The number of carbonyl (C=O) groups is 1. The minimum atomic E-state index is 0.0274. The average molecular weight is 388 g/mol. The first-order valence-electron chi connectivity index (χ1n) is 8.84. The van der Waals surface area contributed by atoms with Gasteiger partial charge in [-0.1, -0.05) is 30.0 Å². The summed E-state index contributed by atoms with van der Waals surface area (Å²) in [6.07, 6.45) is 0.106. The van der Waals surface area contributed by atoms with Crippen LogP contribution >= 0.6 is 23.1 Å². The van der Waals surface area contributed by atoms with Crippen molar-refractivity contribution in [1.29, 1.82) is 0 Å². The van der Waals surface area contributed by atoms with Crippen LogP contribution in [0.15, 0.2) is 29.3 Å². The van der Waals surface area contributed by atoms with Gasteiger partial charge in [-0.05, 0) is 51.8 Å². The second-order valence-corrected chi connectivity index (χ2v) is 8.73. The molecule has 0 bridgehead atoms. The van der Waals surface area contributed by atoms with Gasteiger partial charge in [-0.25, -0.2) is 4.99 Å². The molecular weight excluding hydrogens is 362 g/mol. The van der Waals surface area contributed by atoms with E-state index in [1.807, 2.05) is 32.0 Å². The largest absolute Gasteiger partial charge is 0.344 e. The first-order chi connectivity index (χ1) is 12.4. The molecule has 1 N–H and O–H groups in total. The van der Waals surface area contributed by atoms with E-state index in [0.29, 0.717) is 5.75 Å². The summed E-state index contributed by atoms with van der Waals surface area (Å²) in [5.74, 6) is 0.417. The van der Waals surface area contributed by atoms with E-state index < -0.39 is 0 Å². The molecule has 2 heterocycles.